The van der Waals surface area contributed by atoms with E-state index in [0.29, 0.717) is 12.4 Å². The highest BCUT2D eigenvalue weighted by molar-refractivity contribution is 6.30. The molecule has 1 fully saturated rings. The number of hydrogen-bond donors (Lipinski definition) is 0. The van der Waals surface area contributed by atoms with Gasteiger partial charge in [-0.25, -0.2) is 4.39 Å². The van der Waals surface area contributed by atoms with Crippen molar-refractivity contribution in [2.24, 2.45) is 0 Å². The maximum Gasteiger partial charge on any atom is 0.126 e. The molecular formula is C21H26ClFN2O. The summed E-state index contributed by atoms with van der Waals surface area (Å²) in [6, 6.07) is 14.4. The first-order valence-corrected chi connectivity index (χ1v) is 9.36. The quantitative estimate of drug-likeness (QED) is 0.758. The molecule has 0 bridgehead atoms. The Morgan fingerprint density at radius 1 is 1.12 bits per heavy atom. The maximum absolute atomic E-state index is 13.4. The Balaban J connectivity index is 1.77. The van der Waals surface area contributed by atoms with Gasteiger partial charge in [0.15, 0.2) is 0 Å². The summed E-state index contributed by atoms with van der Waals surface area (Å²) in [5.41, 5.74) is 1.24. The van der Waals surface area contributed by atoms with Gasteiger partial charge >= 0.3 is 0 Å². The summed E-state index contributed by atoms with van der Waals surface area (Å²) >= 11 is 6.04. The molecule has 2 aromatic rings. The minimum atomic E-state index is -0.281. The van der Waals surface area contributed by atoms with Crippen LogP contribution in [0, 0.1) is 5.82 Å². The Morgan fingerprint density at radius 3 is 2.50 bits per heavy atom. The first-order valence-electron chi connectivity index (χ1n) is 8.98. The molecule has 0 aliphatic carbocycles. The van der Waals surface area contributed by atoms with Crippen molar-refractivity contribution >= 4 is 17.3 Å². The van der Waals surface area contributed by atoms with E-state index >= 15 is 0 Å². The average Bonchev–Trinajstić information content (AvgIpc) is 2.60. The third-order valence-electron chi connectivity index (χ3n) is 4.83. The van der Waals surface area contributed by atoms with Crippen molar-refractivity contribution < 1.29 is 9.13 Å². The van der Waals surface area contributed by atoms with Crippen molar-refractivity contribution in [2.45, 2.75) is 32.4 Å². The number of piperazine rings is 1. The van der Waals surface area contributed by atoms with Crippen LogP contribution in [0.25, 0.3) is 0 Å². The molecule has 1 unspecified atom stereocenters. The van der Waals surface area contributed by atoms with E-state index in [9.17, 15) is 4.39 Å². The minimum Gasteiger partial charge on any atom is -0.491 e. The molecule has 1 atom stereocenters. The van der Waals surface area contributed by atoms with Crippen molar-refractivity contribution in [1.82, 2.24) is 4.90 Å². The highest BCUT2D eigenvalue weighted by Gasteiger charge is 2.33. The van der Waals surface area contributed by atoms with E-state index in [2.05, 4.69) is 30.6 Å². The summed E-state index contributed by atoms with van der Waals surface area (Å²) in [4.78, 5) is 4.83. The SMILES string of the molecule is CC(C)(C)N1CCN(c2ccc(Cl)cc2)C(COc2cccc(F)c2)C1. The minimum absolute atomic E-state index is 0.100. The Kier molecular flexibility index (Phi) is 5.73. The van der Waals surface area contributed by atoms with Gasteiger partial charge < -0.3 is 9.64 Å². The molecule has 140 valence electrons. The van der Waals surface area contributed by atoms with Crippen LogP contribution in [0.3, 0.4) is 0 Å². The molecule has 0 spiro atoms. The Labute approximate surface area is 160 Å². The van der Waals surface area contributed by atoms with Crippen molar-refractivity contribution in [3.05, 3.63) is 59.4 Å². The second-order valence-electron chi connectivity index (χ2n) is 7.71. The van der Waals surface area contributed by atoms with Crippen LogP contribution in [0.1, 0.15) is 20.8 Å². The summed E-state index contributed by atoms with van der Waals surface area (Å²) in [6.45, 7) is 9.99. The van der Waals surface area contributed by atoms with Crippen LogP contribution < -0.4 is 9.64 Å². The lowest BCUT2D eigenvalue weighted by atomic mass is 10.0. The third-order valence-corrected chi connectivity index (χ3v) is 5.08. The Bertz CT molecular complexity index is 730. The van der Waals surface area contributed by atoms with Crippen LogP contribution in [0.5, 0.6) is 5.75 Å². The molecule has 2 aromatic carbocycles. The zero-order valence-corrected chi connectivity index (χ0v) is 16.3. The van der Waals surface area contributed by atoms with Crippen LogP contribution in [0.2, 0.25) is 5.02 Å². The van der Waals surface area contributed by atoms with Crippen LogP contribution in [0.15, 0.2) is 48.5 Å². The maximum atomic E-state index is 13.4. The lowest BCUT2D eigenvalue weighted by Crippen LogP contribution is -2.60. The van der Waals surface area contributed by atoms with E-state index in [1.807, 2.05) is 24.3 Å². The van der Waals surface area contributed by atoms with Crippen molar-refractivity contribution in [1.29, 1.82) is 0 Å². The predicted molar refractivity (Wildman–Crippen MR) is 106 cm³/mol. The van der Waals surface area contributed by atoms with E-state index in [0.717, 1.165) is 30.3 Å². The number of benzene rings is 2. The van der Waals surface area contributed by atoms with Gasteiger partial charge in [-0.1, -0.05) is 17.7 Å². The summed E-state index contributed by atoms with van der Waals surface area (Å²) in [6.07, 6.45) is 0. The molecule has 0 aromatic heterocycles. The first kappa shape index (κ1) is 19.0. The largest absolute Gasteiger partial charge is 0.491 e. The van der Waals surface area contributed by atoms with Gasteiger partial charge in [0.05, 0.1) is 6.04 Å². The molecule has 5 heteroatoms. The zero-order valence-electron chi connectivity index (χ0n) is 15.6. The molecule has 3 rings (SSSR count). The van der Waals surface area contributed by atoms with Gasteiger partial charge in [0.25, 0.3) is 0 Å². The molecule has 26 heavy (non-hydrogen) atoms. The van der Waals surface area contributed by atoms with Crippen LogP contribution in [-0.2, 0) is 0 Å². The van der Waals surface area contributed by atoms with Crippen molar-refractivity contribution in [3.63, 3.8) is 0 Å². The smallest absolute Gasteiger partial charge is 0.126 e. The van der Waals surface area contributed by atoms with Gasteiger partial charge in [-0.2, -0.15) is 0 Å². The van der Waals surface area contributed by atoms with E-state index in [4.69, 9.17) is 16.3 Å². The molecule has 0 saturated carbocycles. The monoisotopic (exact) mass is 376 g/mol. The zero-order chi connectivity index (χ0) is 18.7. The highest BCUT2D eigenvalue weighted by Crippen LogP contribution is 2.26. The number of ether oxygens (including phenoxy) is 1. The van der Waals surface area contributed by atoms with Gasteiger partial charge in [-0.05, 0) is 57.2 Å². The number of hydrogen-bond acceptors (Lipinski definition) is 3. The molecule has 1 heterocycles. The van der Waals surface area contributed by atoms with E-state index in [1.54, 1.807) is 12.1 Å². The standard InChI is InChI=1S/C21H26ClFN2O/c1-21(2,3)24-11-12-25(18-9-7-16(22)8-10-18)19(14-24)15-26-20-6-4-5-17(23)13-20/h4-10,13,19H,11-12,14-15H2,1-3H3. The molecule has 0 N–H and O–H groups in total. The number of nitrogens with zero attached hydrogens (tertiary/aromatic N) is 2. The molecule has 1 saturated heterocycles. The van der Waals surface area contributed by atoms with E-state index in [1.165, 1.54) is 12.1 Å². The van der Waals surface area contributed by atoms with Gasteiger partial charge in [-0.3, -0.25) is 4.90 Å². The van der Waals surface area contributed by atoms with Crippen LogP contribution in [0.4, 0.5) is 10.1 Å². The lowest BCUT2D eigenvalue weighted by Gasteiger charge is -2.47. The van der Waals surface area contributed by atoms with Crippen LogP contribution in [-0.4, -0.2) is 42.7 Å². The topological polar surface area (TPSA) is 15.7 Å². The third kappa shape index (κ3) is 4.68. The second kappa shape index (κ2) is 7.85. The molecule has 1 aliphatic rings. The first-order chi connectivity index (χ1) is 12.3. The number of anilines is 1. The predicted octanol–water partition coefficient (Wildman–Crippen LogP) is 4.85. The molecular weight excluding hydrogens is 351 g/mol. The van der Waals surface area contributed by atoms with Crippen molar-refractivity contribution in [2.75, 3.05) is 31.1 Å². The highest BCUT2D eigenvalue weighted by atomic mass is 35.5. The van der Waals surface area contributed by atoms with Crippen LogP contribution >= 0.6 is 11.6 Å². The summed E-state index contributed by atoms with van der Waals surface area (Å²) in [7, 11) is 0. The summed E-state index contributed by atoms with van der Waals surface area (Å²) in [5.74, 6) is 0.283. The van der Waals surface area contributed by atoms with Gasteiger partial charge in [0.1, 0.15) is 18.2 Å². The fourth-order valence-corrected chi connectivity index (χ4v) is 3.45. The van der Waals surface area contributed by atoms with Crippen molar-refractivity contribution in [3.8, 4) is 5.75 Å². The average molecular weight is 377 g/mol. The van der Waals surface area contributed by atoms with Gasteiger partial charge in [0.2, 0.25) is 0 Å². The second-order valence-corrected chi connectivity index (χ2v) is 8.15. The van der Waals surface area contributed by atoms with E-state index in [-0.39, 0.29) is 17.4 Å². The fourth-order valence-electron chi connectivity index (χ4n) is 3.33. The van der Waals surface area contributed by atoms with Gasteiger partial charge in [0, 0.05) is 41.9 Å². The lowest BCUT2D eigenvalue weighted by molar-refractivity contribution is 0.0944. The number of halogens is 2. The van der Waals surface area contributed by atoms with Gasteiger partial charge in [-0.15, -0.1) is 0 Å². The Hall–Kier alpha value is -1.78. The summed E-state index contributed by atoms with van der Waals surface area (Å²) in [5, 5.41) is 0.731. The molecule has 0 radical (unpaired) electrons. The molecule has 0 amide bonds. The molecule has 3 nitrogen and oxygen atoms in total. The fraction of sp³-hybridized carbons (Fsp3) is 0.429. The Morgan fingerprint density at radius 2 is 1.85 bits per heavy atom. The number of rotatable bonds is 4. The van der Waals surface area contributed by atoms with E-state index < -0.39 is 0 Å². The molecule has 1 aliphatic heterocycles. The summed E-state index contributed by atoms with van der Waals surface area (Å²) < 4.78 is 19.3. The normalized spacial score (nSPS) is 18.8.